The van der Waals surface area contributed by atoms with E-state index in [4.69, 9.17) is 19.8 Å². The molecular formula is C21H21FN4O3. The van der Waals surface area contributed by atoms with Gasteiger partial charge in [0.25, 0.3) is 0 Å². The fourth-order valence-electron chi connectivity index (χ4n) is 3.60. The van der Waals surface area contributed by atoms with E-state index in [9.17, 15) is 9.18 Å². The molecule has 0 aliphatic carbocycles. The van der Waals surface area contributed by atoms with Crippen LogP contribution < -0.4 is 15.0 Å². The van der Waals surface area contributed by atoms with E-state index in [0.29, 0.717) is 28.6 Å². The Hall–Kier alpha value is -3.26. The minimum absolute atomic E-state index is 0.185. The molecule has 1 saturated heterocycles. The molecule has 2 aromatic carbocycles. The van der Waals surface area contributed by atoms with Crippen LogP contribution in [-0.4, -0.2) is 47.4 Å². The minimum Gasteiger partial charge on any atom is -0.449 e. The second-order valence-corrected chi connectivity index (χ2v) is 7.01. The van der Waals surface area contributed by atoms with Gasteiger partial charge < -0.3 is 20.1 Å². The number of fused-ring (bicyclic) bond motifs is 1. The van der Waals surface area contributed by atoms with Gasteiger partial charge in [0.2, 0.25) is 0 Å². The Morgan fingerprint density at radius 3 is 2.55 bits per heavy atom. The van der Waals surface area contributed by atoms with Gasteiger partial charge in [-0.05, 0) is 62.3 Å². The zero-order valence-electron chi connectivity index (χ0n) is 15.9. The topological polar surface area (TPSA) is 87.6 Å². The van der Waals surface area contributed by atoms with E-state index in [1.807, 2.05) is 7.05 Å². The lowest BCUT2D eigenvalue weighted by Crippen LogP contribution is -2.41. The molecule has 0 spiro atoms. The summed E-state index contributed by atoms with van der Waals surface area (Å²) in [6, 6.07) is 11.2. The first kappa shape index (κ1) is 19.1. The van der Waals surface area contributed by atoms with E-state index < -0.39 is 6.16 Å². The highest BCUT2D eigenvalue weighted by Crippen LogP contribution is 2.32. The quantitative estimate of drug-likeness (QED) is 0.514. The van der Waals surface area contributed by atoms with Crippen LogP contribution in [-0.2, 0) is 0 Å². The molecule has 1 aromatic heterocycles. The van der Waals surface area contributed by atoms with Crippen molar-refractivity contribution in [2.45, 2.75) is 18.9 Å². The van der Waals surface area contributed by atoms with Crippen LogP contribution >= 0.6 is 0 Å². The molecule has 1 aliphatic heterocycles. The summed E-state index contributed by atoms with van der Waals surface area (Å²) >= 11 is 0. The highest BCUT2D eigenvalue weighted by atomic mass is 19.1. The maximum Gasteiger partial charge on any atom is 0.511 e. The molecule has 150 valence electrons. The Bertz CT molecular complexity index is 1040. The van der Waals surface area contributed by atoms with Gasteiger partial charge in [-0.3, -0.25) is 0 Å². The summed E-state index contributed by atoms with van der Waals surface area (Å²) in [5, 5.41) is 12.2. The van der Waals surface area contributed by atoms with Crippen LogP contribution in [0.3, 0.4) is 0 Å². The molecule has 0 atom stereocenters. The fraction of sp³-hybridized carbons (Fsp3) is 0.286. The highest BCUT2D eigenvalue weighted by molar-refractivity contribution is 5.85. The molecule has 7 nitrogen and oxygen atoms in total. The number of carbonyl (C=O) groups is 1. The predicted molar refractivity (Wildman–Crippen MR) is 108 cm³/mol. The van der Waals surface area contributed by atoms with Crippen molar-refractivity contribution in [2.24, 2.45) is 0 Å². The number of piperidine rings is 1. The van der Waals surface area contributed by atoms with E-state index >= 15 is 0 Å². The molecule has 0 amide bonds. The molecule has 0 bridgehead atoms. The van der Waals surface area contributed by atoms with Crippen molar-refractivity contribution in [3.8, 4) is 17.0 Å². The number of hydrogen-bond acceptors (Lipinski definition) is 6. The van der Waals surface area contributed by atoms with Gasteiger partial charge in [-0.25, -0.2) is 19.2 Å². The second-order valence-electron chi connectivity index (χ2n) is 7.01. The SMILES string of the molecule is CN(c1nc2cc(OC(=O)O)ccc2nc1-c1ccc(F)cc1)C1CCNCC1. The summed E-state index contributed by atoms with van der Waals surface area (Å²) in [5.41, 5.74) is 2.56. The van der Waals surface area contributed by atoms with Crippen molar-refractivity contribution in [3.05, 3.63) is 48.3 Å². The molecule has 0 saturated carbocycles. The maximum atomic E-state index is 13.4. The van der Waals surface area contributed by atoms with Gasteiger partial charge in [-0.2, -0.15) is 0 Å². The molecule has 3 aromatic rings. The zero-order chi connectivity index (χ0) is 20.4. The monoisotopic (exact) mass is 396 g/mol. The zero-order valence-corrected chi connectivity index (χ0v) is 15.9. The molecule has 0 unspecified atom stereocenters. The fourth-order valence-corrected chi connectivity index (χ4v) is 3.60. The van der Waals surface area contributed by atoms with Crippen molar-refractivity contribution in [2.75, 3.05) is 25.0 Å². The van der Waals surface area contributed by atoms with Gasteiger partial charge in [-0.1, -0.05) is 0 Å². The molecule has 2 heterocycles. The van der Waals surface area contributed by atoms with Crippen molar-refractivity contribution < 1.29 is 19.0 Å². The normalized spacial score (nSPS) is 14.7. The standard InChI is InChI=1S/C21H21FN4O3/c1-26(15-8-10-23-11-9-15)20-19(13-2-4-14(22)5-3-13)24-17-7-6-16(29-21(27)28)12-18(17)25-20/h2-7,12,15,23H,8-11H2,1H3,(H,27,28). The van der Waals surface area contributed by atoms with Crippen LogP contribution in [0.15, 0.2) is 42.5 Å². The third-order valence-electron chi connectivity index (χ3n) is 5.13. The van der Waals surface area contributed by atoms with E-state index in [1.54, 1.807) is 24.3 Å². The van der Waals surface area contributed by atoms with Crippen molar-refractivity contribution >= 4 is 23.0 Å². The number of ether oxygens (including phenoxy) is 1. The Morgan fingerprint density at radius 2 is 1.86 bits per heavy atom. The van der Waals surface area contributed by atoms with E-state index in [1.165, 1.54) is 18.2 Å². The summed E-state index contributed by atoms with van der Waals surface area (Å²) in [7, 11) is 1.98. The van der Waals surface area contributed by atoms with Gasteiger partial charge in [0.15, 0.2) is 5.82 Å². The Balaban J connectivity index is 1.83. The lowest BCUT2D eigenvalue weighted by Gasteiger charge is -2.33. The number of hydrogen-bond donors (Lipinski definition) is 2. The summed E-state index contributed by atoms with van der Waals surface area (Å²) in [6.45, 7) is 1.86. The summed E-state index contributed by atoms with van der Waals surface area (Å²) in [5.74, 6) is 0.541. The van der Waals surface area contributed by atoms with E-state index in [-0.39, 0.29) is 11.6 Å². The van der Waals surface area contributed by atoms with Gasteiger partial charge in [0.1, 0.15) is 17.3 Å². The first-order valence-corrected chi connectivity index (χ1v) is 9.43. The molecule has 1 aliphatic rings. The van der Waals surface area contributed by atoms with Crippen LogP contribution in [0.5, 0.6) is 5.75 Å². The number of rotatable bonds is 4. The van der Waals surface area contributed by atoms with Gasteiger partial charge in [0, 0.05) is 24.7 Å². The van der Waals surface area contributed by atoms with Crippen molar-refractivity contribution in [1.29, 1.82) is 0 Å². The lowest BCUT2D eigenvalue weighted by atomic mass is 10.0. The number of anilines is 1. The van der Waals surface area contributed by atoms with E-state index in [0.717, 1.165) is 31.5 Å². The average molecular weight is 396 g/mol. The summed E-state index contributed by atoms with van der Waals surface area (Å²) in [4.78, 5) is 22.5. The Kier molecular flexibility index (Phi) is 5.26. The number of nitrogens with one attached hydrogen (secondary N) is 1. The van der Waals surface area contributed by atoms with Crippen LogP contribution in [0.4, 0.5) is 15.0 Å². The molecule has 2 N–H and O–H groups in total. The summed E-state index contributed by atoms with van der Waals surface area (Å²) in [6.07, 6.45) is 0.565. The molecule has 8 heteroatoms. The van der Waals surface area contributed by atoms with Crippen LogP contribution in [0.1, 0.15) is 12.8 Å². The molecular weight excluding hydrogens is 375 g/mol. The first-order valence-electron chi connectivity index (χ1n) is 9.43. The second kappa shape index (κ2) is 8.00. The number of benzene rings is 2. The number of halogens is 1. The molecule has 4 rings (SSSR count). The van der Waals surface area contributed by atoms with Crippen molar-refractivity contribution in [1.82, 2.24) is 15.3 Å². The summed E-state index contributed by atoms with van der Waals surface area (Å²) < 4.78 is 18.2. The highest BCUT2D eigenvalue weighted by Gasteiger charge is 2.23. The number of carboxylic acid groups (broad SMARTS) is 1. The molecule has 29 heavy (non-hydrogen) atoms. The Labute approximate surface area is 167 Å². The van der Waals surface area contributed by atoms with Gasteiger partial charge in [-0.15, -0.1) is 0 Å². The number of aromatic nitrogens is 2. The van der Waals surface area contributed by atoms with Gasteiger partial charge >= 0.3 is 6.16 Å². The van der Waals surface area contributed by atoms with Crippen LogP contribution in [0.2, 0.25) is 0 Å². The lowest BCUT2D eigenvalue weighted by molar-refractivity contribution is 0.144. The van der Waals surface area contributed by atoms with Crippen LogP contribution in [0.25, 0.3) is 22.3 Å². The molecule has 0 radical (unpaired) electrons. The third-order valence-corrected chi connectivity index (χ3v) is 5.13. The largest absolute Gasteiger partial charge is 0.511 e. The Morgan fingerprint density at radius 1 is 1.14 bits per heavy atom. The van der Waals surface area contributed by atoms with Gasteiger partial charge in [0.05, 0.1) is 11.0 Å². The first-order chi connectivity index (χ1) is 14.0. The predicted octanol–water partition coefficient (Wildman–Crippen LogP) is 3.68. The third kappa shape index (κ3) is 4.12. The molecule has 1 fully saturated rings. The van der Waals surface area contributed by atoms with Crippen LogP contribution in [0, 0.1) is 5.82 Å². The van der Waals surface area contributed by atoms with E-state index in [2.05, 4.69) is 10.2 Å². The minimum atomic E-state index is -1.38. The smallest absolute Gasteiger partial charge is 0.449 e. The van der Waals surface area contributed by atoms with Crippen molar-refractivity contribution in [3.63, 3.8) is 0 Å². The average Bonchev–Trinajstić information content (AvgIpc) is 2.73. The number of nitrogens with zero attached hydrogens (tertiary/aromatic N) is 3. The maximum absolute atomic E-state index is 13.4.